The summed E-state index contributed by atoms with van der Waals surface area (Å²) < 4.78 is 0. The summed E-state index contributed by atoms with van der Waals surface area (Å²) in [6, 6.07) is 0. The van der Waals surface area contributed by atoms with Gasteiger partial charge in [-0.2, -0.15) is 0 Å². The third kappa shape index (κ3) is 7.98. The molecule has 1 heterocycles. The van der Waals surface area contributed by atoms with Crippen molar-refractivity contribution in [2.24, 2.45) is 17.4 Å². The van der Waals surface area contributed by atoms with E-state index in [-0.39, 0.29) is 12.1 Å². The molecule has 0 aromatic carbocycles. The van der Waals surface area contributed by atoms with E-state index in [0.717, 1.165) is 45.2 Å². The lowest BCUT2D eigenvalue weighted by Crippen LogP contribution is -2.45. The number of Topliss-reactive ketones (excluding diaryl/α,β-unsaturated/α-hetero) is 1. The van der Waals surface area contributed by atoms with E-state index >= 15 is 0 Å². The number of ketones is 1. The van der Waals surface area contributed by atoms with Gasteiger partial charge in [0.2, 0.25) is 0 Å². The van der Waals surface area contributed by atoms with Crippen LogP contribution in [0.3, 0.4) is 0 Å². The summed E-state index contributed by atoms with van der Waals surface area (Å²) in [5, 5.41) is 3.19. The normalized spacial score (nSPS) is 22.9. The average molecular weight is 283 g/mol. The molecule has 4 nitrogen and oxygen atoms in total. The quantitative estimate of drug-likeness (QED) is 0.508. The molecule has 0 aromatic rings. The molecule has 4 heteroatoms. The zero-order valence-corrected chi connectivity index (χ0v) is 12.9. The Morgan fingerprint density at radius 1 is 1.00 bits per heavy atom. The molecule has 0 bridgehead atoms. The molecule has 5 N–H and O–H groups in total. The fraction of sp³-hybridized carbons (Fsp3) is 0.938. The van der Waals surface area contributed by atoms with Crippen LogP contribution in [0.2, 0.25) is 0 Å². The highest BCUT2D eigenvalue weighted by Crippen LogP contribution is 2.18. The van der Waals surface area contributed by atoms with Crippen molar-refractivity contribution in [2.45, 2.75) is 76.8 Å². The van der Waals surface area contributed by atoms with Gasteiger partial charge in [0.25, 0.3) is 0 Å². The van der Waals surface area contributed by atoms with Gasteiger partial charge >= 0.3 is 0 Å². The fourth-order valence-electron chi connectivity index (χ4n) is 2.95. The number of unbranched alkanes of at least 4 members (excludes halogenated alkanes) is 7. The van der Waals surface area contributed by atoms with Crippen molar-refractivity contribution >= 4 is 5.78 Å². The van der Waals surface area contributed by atoms with Crippen LogP contribution < -0.4 is 16.8 Å². The minimum absolute atomic E-state index is 0.0196. The monoisotopic (exact) mass is 283 g/mol. The first-order valence-corrected chi connectivity index (χ1v) is 8.45. The topological polar surface area (TPSA) is 81.1 Å². The highest BCUT2D eigenvalue weighted by atomic mass is 16.1. The molecule has 0 spiro atoms. The molecule has 118 valence electrons. The van der Waals surface area contributed by atoms with E-state index in [1.807, 2.05) is 0 Å². The molecule has 20 heavy (non-hydrogen) atoms. The molecule has 2 unspecified atom stereocenters. The lowest BCUT2D eigenvalue weighted by molar-refractivity contribution is -0.124. The van der Waals surface area contributed by atoms with Crippen molar-refractivity contribution in [1.82, 2.24) is 5.32 Å². The SMILES string of the molecule is NCCCCCCCCCCC(=O)C1CCNC(N)C1. The molecule has 2 atom stereocenters. The van der Waals surface area contributed by atoms with Crippen molar-refractivity contribution in [2.75, 3.05) is 13.1 Å². The first kappa shape index (κ1) is 17.6. The number of nitrogens with one attached hydrogen (secondary N) is 1. The van der Waals surface area contributed by atoms with E-state index in [1.54, 1.807) is 0 Å². The van der Waals surface area contributed by atoms with Crippen LogP contribution in [0.15, 0.2) is 0 Å². The van der Waals surface area contributed by atoms with E-state index in [2.05, 4.69) is 5.32 Å². The summed E-state index contributed by atoms with van der Waals surface area (Å²) >= 11 is 0. The van der Waals surface area contributed by atoms with Crippen molar-refractivity contribution < 1.29 is 4.79 Å². The van der Waals surface area contributed by atoms with E-state index < -0.39 is 0 Å². The van der Waals surface area contributed by atoms with E-state index in [9.17, 15) is 4.79 Å². The summed E-state index contributed by atoms with van der Waals surface area (Å²) in [5.41, 5.74) is 11.3. The number of hydrogen-bond acceptors (Lipinski definition) is 4. The highest BCUT2D eigenvalue weighted by molar-refractivity contribution is 5.81. The number of rotatable bonds is 11. The Morgan fingerprint density at radius 3 is 2.20 bits per heavy atom. The van der Waals surface area contributed by atoms with E-state index in [0.29, 0.717) is 5.78 Å². The predicted octanol–water partition coefficient (Wildman–Crippen LogP) is 2.31. The average Bonchev–Trinajstić information content (AvgIpc) is 2.45. The molecule has 1 rings (SSSR count). The van der Waals surface area contributed by atoms with Gasteiger partial charge in [0.05, 0.1) is 6.17 Å². The molecule has 0 radical (unpaired) electrons. The van der Waals surface area contributed by atoms with Gasteiger partial charge in [-0.3, -0.25) is 4.79 Å². The van der Waals surface area contributed by atoms with Crippen LogP contribution in [0.4, 0.5) is 0 Å². The summed E-state index contributed by atoms with van der Waals surface area (Å²) in [6.07, 6.45) is 12.4. The Hall–Kier alpha value is -0.450. The largest absolute Gasteiger partial charge is 0.330 e. The standard InChI is InChI=1S/C16H33N3O/c17-11-8-6-4-2-1-3-5-7-9-15(20)14-10-12-19-16(18)13-14/h14,16,19H,1-13,17-18H2. The van der Waals surface area contributed by atoms with Gasteiger partial charge in [0.15, 0.2) is 0 Å². The maximum absolute atomic E-state index is 12.1. The molecular formula is C16H33N3O. The molecule has 0 aliphatic carbocycles. The molecule has 0 saturated carbocycles. The van der Waals surface area contributed by atoms with Crippen molar-refractivity contribution in [3.8, 4) is 0 Å². The smallest absolute Gasteiger partial charge is 0.136 e. The zero-order valence-electron chi connectivity index (χ0n) is 12.9. The predicted molar refractivity (Wildman–Crippen MR) is 84.3 cm³/mol. The minimum atomic E-state index is 0.0196. The Labute approximate surface area is 124 Å². The van der Waals surface area contributed by atoms with E-state index in [1.165, 1.54) is 38.5 Å². The Kier molecular flexibility index (Phi) is 9.89. The van der Waals surface area contributed by atoms with Crippen molar-refractivity contribution in [1.29, 1.82) is 0 Å². The molecule has 1 saturated heterocycles. The van der Waals surface area contributed by atoms with E-state index in [4.69, 9.17) is 11.5 Å². The van der Waals surface area contributed by atoms with Gasteiger partial charge in [-0.25, -0.2) is 0 Å². The van der Waals surface area contributed by atoms with Crippen LogP contribution in [0.1, 0.15) is 70.6 Å². The van der Waals surface area contributed by atoms with Crippen LogP contribution in [0.5, 0.6) is 0 Å². The molecule has 1 aliphatic rings. The lowest BCUT2D eigenvalue weighted by Gasteiger charge is -2.26. The molecule has 0 aromatic heterocycles. The van der Waals surface area contributed by atoms with Crippen LogP contribution >= 0.6 is 0 Å². The number of piperidine rings is 1. The number of carbonyl (C=O) groups excluding carboxylic acids is 1. The highest BCUT2D eigenvalue weighted by Gasteiger charge is 2.24. The van der Waals surface area contributed by atoms with Crippen LogP contribution in [0.25, 0.3) is 0 Å². The molecule has 1 aliphatic heterocycles. The molecule has 1 fully saturated rings. The van der Waals surface area contributed by atoms with Gasteiger partial charge in [-0.1, -0.05) is 38.5 Å². The van der Waals surface area contributed by atoms with Gasteiger partial charge < -0.3 is 16.8 Å². The summed E-state index contributed by atoms with van der Waals surface area (Å²) in [4.78, 5) is 12.1. The van der Waals surface area contributed by atoms with Gasteiger partial charge in [0.1, 0.15) is 5.78 Å². The van der Waals surface area contributed by atoms with Gasteiger partial charge in [0, 0.05) is 12.3 Å². The number of nitrogens with two attached hydrogens (primary N) is 2. The van der Waals surface area contributed by atoms with Gasteiger partial charge in [-0.05, 0) is 38.8 Å². The number of hydrogen-bond donors (Lipinski definition) is 3. The molecule has 0 amide bonds. The second-order valence-corrected chi connectivity index (χ2v) is 6.12. The summed E-state index contributed by atoms with van der Waals surface area (Å²) in [5.74, 6) is 0.646. The zero-order chi connectivity index (χ0) is 14.6. The Bertz CT molecular complexity index is 258. The van der Waals surface area contributed by atoms with Crippen LogP contribution in [-0.4, -0.2) is 25.0 Å². The van der Waals surface area contributed by atoms with Gasteiger partial charge in [-0.15, -0.1) is 0 Å². The third-order valence-electron chi connectivity index (χ3n) is 4.27. The summed E-state index contributed by atoms with van der Waals surface area (Å²) in [6.45, 7) is 1.71. The maximum Gasteiger partial charge on any atom is 0.136 e. The first-order chi connectivity index (χ1) is 9.74. The second kappa shape index (κ2) is 11.2. The fourth-order valence-corrected chi connectivity index (χ4v) is 2.95. The van der Waals surface area contributed by atoms with Crippen molar-refractivity contribution in [3.63, 3.8) is 0 Å². The second-order valence-electron chi connectivity index (χ2n) is 6.12. The Morgan fingerprint density at radius 2 is 1.60 bits per heavy atom. The van der Waals surface area contributed by atoms with Crippen LogP contribution in [-0.2, 0) is 4.79 Å². The van der Waals surface area contributed by atoms with Crippen molar-refractivity contribution in [3.05, 3.63) is 0 Å². The molecular weight excluding hydrogens is 250 g/mol. The number of carbonyl (C=O) groups is 1. The minimum Gasteiger partial charge on any atom is -0.330 e. The first-order valence-electron chi connectivity index (χ1n) is 8.45. The van der Waals surface area contributed by atoms with Crippen LogP contribution in [0, 0.1) is 5.92 Å². The maximum atomic E-state index is 12.1. The Balaban J connectivity index is 1.91. The lowest BCUT2D eigenvalue weighted by atomic mass is 9.89. The summed E-state index contributed by atoms with van der Waals surface area (Å²) in [7, 11) is 0. The third-order valence-corrected chi connectivity index (χ3v) is 4.27.